The zero-order valence-corrected chi connectivity index (χ0v) is 10.1. The van der Waals surface area contributed by atoms with E-state index in [4.69, 9.17) is 0 Å². The van der Waals surface area contributed by atoms with Gasteiger partial charge in [-0.05, 0) is 36.8 Å². The van der Waals surface area contributed by atoms with Crippen LogP contribution in [0.25, 0.3) is 10.9 Å². The molecule has 0 saturated heterocycles. The molecule has 0 amide bonds. The number of pyridine rings is 2. The predicted molar refractivity (Wildman–Crippen MR) is 74.0 cm³/mol. The number of aryl methyl sites for hydroxylation is 1. The van der Waals surface area contributed by atoms with Gasteiger partial charge < -0.3 is 5.32 Å². The van der Waals surface area contributed by atoms with Crippen molar-refractivity contribution in [3.05, 3.63) is 60.3 Å². The Kier molecular flexibility index (Phi) is 2.65. The summed E-state index contributed by atoms with van der Waals surface area (Å²) in [4.78, 5) is 8.84. The number of nitrogens with zero attached hydrogens (tertiary/aromatic N) is 2. The number of fused-ring (bicyclic) bond motifs is 1. The summed E-state index contributed by atoms with van der Waals surface area (Å²) in [6.45, 7) is 2.07. The van der Waals surface area contributed by atoms with E-state index in [9.17, 15) is 0 Å². The number of para-hydroxylation sites is 1. The zero-order valence-electron chi connectivity index (χ0n) is 10.1. The summed E-state index contributed by atoms with van der Waals surface area (Å²) in [6.07, 6.45) is 1.76. The Balaban J connectivity index is 2.01. The first-order valence-corrected chi connectivity index (χ1v) is 5.87. The van der Waals surface area contributed by atoms with Crippen LogP contribution in [0.1, 0.15) is 5.56 Å². The number of aromatic nitrogens is 2. The van der Waals surface area contributed by atoms with Gasteiger partial charge in [-0.15, -0.1) is 0 Å². The molecule has 3 heteroatoms. The number of hydrogen-bond acceptors (Lipinski definition) is 3. The molecule has 1 N–H and O–H groups in total. The van der Waals surface area contributed by atoms with Gasteiger partial charge in [-0.3, -0.25) is 0 Å². The molecular weight excluding hydrogens is 222 g/mol. The van der Waals surface area contributed by atoms with E-state index in [2.05, 4.69) is 40.4 Å². The molecule has 0 bridgehead atoms. The second-order valence-electron chi connectivity index (χ2n) is 4.18. The van der Waals surface area contributed by atoms with Crippen LogP contribution >= 0.6 is 0 Å². The third-order valence-corrected chi connectivity index (χ3v) is 2.84. The largest absolute Gasteiger partial charge is 0.325 e. The first-order chi connectivity index (χ1) is 8.83. The number of nitrogens with one attached hydrogen (secondary N) is 1. The van der Waals surface area contributed by atoms with Crippen molar-refractivity contribution in [3.63, 3.8) is 0 Å². The van der Waals surface area contributed by atoms with Crippen LogP contribution < -0.4 is 5.32 Å². The molecule has 2 aromatic heterocycles. The first-order valence-electron chi connectivity index (χ1n) is 5.87. The molecule has 0 fully saturated rings. The lowest BCUT2D eigenvalue weighted by Crippen LogP contribution is -1.96. The van der Waals surface area contributed by atoms with Gasteiger partial charge in [0.05, 0.1) is 5.52 Å². The first kappa shape index (κ1) is 10.7. The maximum atomic E-state index is 4.62. The highest BCUT2D eigenvalue weighted by Crippen LogP contribution is 2.20. The molecule has 0 aliphatic carbocycles. The highest BCUT2D eigenvalue weighted by Gasteiger charge is 2.01. The predicted octanol–water partition coefficient (Wildman–Crippen LogP) is 3.68. The minimum absolute atomic E-state index is 0.804. The van der Waals surface area contributed by atoms with Crippen molar-refractivity contribution >= 4 is 22.5 Å². The Labute approximate surface area is 106 Å². The van der Waals surface area contributed by atoms with Crippen LogP contribution in [0.3, 0.4) is 0 Å². The van der Waals surface area contributed by atoms with Gasteiger partial charge in [0.15, 0.2) is 0 Å². The van der Waals surface area contributed by atoms with E-state index in [1.54, 1.807) is 6.20 Å². The van der Waals surface area contributed by atoms with Crippen molar-refractivity contribution in [1.82, 2.24) is 9.97 Å². The molecule has 0 radical (unpaired) electrons. The molecule has 0 saturated carbocycles. The normalized spacial score (nSPS) is 10.5. The third-order valence-electron chi connectivity index (χ3n) is 2.84. The van der Waals surface area contributed by atoms with Crippen LogP contribution in [-0.4, -0.2) is 9.97 Å². The average molecular weight is 235 g/mol. The van der Waals surface area contributed by atoms with Gasteiger partial charge in [-0.1, -0.05) is 24.3 Å². The standard InChI is InChI=1S/C15H13N3/c1-11-5-4-6-12-8-9-14(18-15(11)12)17-13-7-2-3-10-16-13/h2-10H,1H3,(H,16,17,18). The zero-order chi connectivity index (χ0) is 12.4. The lowest BCUT2D eigenvalue weighted by molar-refractivity contribution is 1.27. The molecule has 88 valence electrons. The lowest BCUT2D eigenvalue weighted by Gasteiger charge is -2.07. The number of anilines is 2. The third kappa shape index (κ3) is 2.02. The molecule has 0 aliphatic rings. The second-order valence-corrected chi connectivity index (χ2v) is 4.18. The van der Waals surface area contributed by atoms with Crippen LogP contribution in [0.5, 0.6) is 0 Å². The van der Waals surface area contributed by atoms with Gasteiger partial charge in [0, 0.05) is 11.6 Å². The summed E-state index contributed by atoms with van der Waals surface area (Å²) >= 11 is 0. The van der Waals surface area contributed by atoms with E-state index < -0.39 is 0 Å². The van der Waals surface area contributed by atoms with Crippen LogP contribution in [-0.2, 0) is 0 Å². The molecule has 3 rings (SSSR count). The van der Waals surface area contributed by atoms with E-state index in [-0.39, 0.29) is 0 Å². The Hall–Kier alpha value is -2.42. The summed E-state index contributed by atoms with van der Waals surface area (Å²) in [5.74, 6) is 1.62. The minimum Gasteiger partial charge on any atom is -0.325 e. The number of benzene rings is 1. The van der Waals surface area contributed by atoms with Crippen molar-refractivity contribution < 1.29 is 0 Å². The van der Waals surface area contributed by atoms with Crippen LogP contribution in [0, 0.1) is 6.92 Å². The summed E-state index contributed by atoms with van der Waals surface area (Å²) in [5.41, 5.74) is 2.20. The smallest absolute Gasteiger partial charge is 0.132 e. The van der Waals surface area contributed by atoms with Crippen LogP contribution in [0.2, 0.25) is 0 Å². The fourth-order valence-corrected chi connectivity index (χ4v) is 1.93. The second kappa shape index (κ2) is 4.45. The summed E-state index contributed by atoms with van der Waals surface area (Å²) in [7, 11) is 0. The van der Waals surface area contributed by atoms with Gasteiger partial charge in [0.25, 0.3) is 0 Å². The molecule has 1 aromatic carbocycles. The highest BCUT2D eigenvalue weighted by molar-refractivity contribution is 5.83. The van der Waals surface area contributed by atoms with Crippen molar-refractivity contribution in [2.75, 3.05) is 5.32 Å². The van der Waals surface area contributed by atoms with Gasteiger partial charge in [0.1, 0.15) is 11.6 Å². The van der Waals surface area contributed by atoms with Gasteiger partial charge in [0.2, 0.25) is 0 Å². The number of hydrogen-bond donors (Lipinski definition) is 1. The lowest BCUT2D eigenvalue weighted by atomic mass is 10.1. The van der Waals surface area contributed by atoms with E-state index in [0.29, 0.717) is 0 Å². The van der Waals surface area contributed by atoms with Crippen molar-refractivity contribution in [1.29, 1.82) is 0 Å². The average Bonchev–Trinajstić information content (AvgIpc) is 2.41. The van der Waals surface area contributed by atoms with Crippen molar-refractivity contribution in [2.24, 2.45) is 0 Å². The van der Waals surface area contributed by atoms with Gasteiger partial charge >= 0.3 is 0 Å². The SMILES string of the molecule is Cc1cccc2ccc(Nc3ccccn3)nc12. The monoisotopic (exact) mass is 235 g/mol. The molecule has 3 aromatic rings. The maximum Gasteiger partial charge on any atom is 0.132 e. The highest BCUT2D eigenvalue weighted by atomic mass is 15.0. The van der Waals surface area contributed by atoms with Crippen LogP contribution in [0.15, 0.2) is 54.7 Å². The summed E-state index contributed by atoms with van der Waals surface area (Å²) in [5, 5.41) is 4.36. The van der Waals surface area contributed by atoms with E-state index >= 15 is 0 Å². The fourth-order valence-electron chi connectivity index (χ4n) is 1.93. The summed E-state index contributed by atoms with van der Waals surface area (Å²) in [6, 6.07) is 16.0. The quantitative estimate of drug-likeness (QED) is 0.736. The topological polar surface area (TPSA) is 37.8 Å². The Morgan fingerprint density at radius 1 is 0.889 bits per heavy atom. The molecule has 2 heterocycles. The molecule has 18 heavy (non-hydrogen) atoms. The Bertz CT molecular complexity index is 678. The summed E-state index contributed by atoms with van der Waals surface area (Å²) < 4.78 is 0. The van der Waals surface area contributed by atoms with Crippen molar-refractivity contribution in [3.8, 4) is 0 Å². The van der Waals surface area contributed by atoms with Crippen molar-refractivity contribution in [2.45, 2.75) is 6.92 Å². The Morgan fingerprint density at radius 3 is 2.67 bits per heavy atom. The van der Waals surface area contributed by atoms with E-state index in [1.807, 2.05) is 30.3 Å². The number of rotatable bonds is 2. The molecule has 0 unspecified atom stereocenters. The van der Waals surface area contributed by atoms with Gasteiger partial charge in [-0.2, -0.15) is 0 Å². The minimum atomic E-state index is 0.804. The molecule has 0 atom stereocenters. The van der Waals surface area contributed by atoms with E-state index in [0.717, 1.165) is 22.5 Å². The molecule has 0 spiro atoms. The fraction of sp³-hybridized carbons (Fsp3) is 0.0667. The van der Waals surface area contributed by atoms with E-state index in [1.165, 1.54) is 5.56 Å². The van der Waals surface area contributed by atoms with Crippen LogP contribution in [0.4, 0.5) is 11.6 Å². The Morgan fingerprint density at radius 2 is 1.83 bits per heavy atom. The molecule has 0 aliphatic heterocycles. The maximum absolute atomic E-state index is 4.62. The molecule has 3 nitrogen and oxygen atoms in total. The molecular formula is C15H13N3. The van der Waals surface area contributed by atoms with Gasteiger partial charge in [-0.25, -0.2) is 9.97 Å².